The summed E-state index contributed by atoms with van der Waals surface area (Å²) in [6.45, 7) is 11.1. The average molecular weight is 331 g/mol. The topological polar surface area (TPSA) is 9.23 Å². The smallest absolute Gasteiger partial charge is 0.184 e. The first-order chi connectivity index (χ1) is 11.0. The molecular weight excluding hydrogens is 296 g/mol. The van der Waals surface area contributed by atoms with Crippen LogP contribution in [0.1, 0.15) is 50.5 Å². The van der Waals surface area contributed by atoms with Crippen molar-refractivity contribution >= 4 is 8.32 Å². The minimum Gasteiger partial charge on any atom is -0.408 e. The maximum atomic E-state index is 6.73. The number of rotatable bonds is 7. The Kier molecular flexibility index (Phi) is 6.67. The standard InChI is InChI=1S/C21H34OSi/c1-5-21(22-23(2,3)4)18-11-7-10-16-20(21)17-12-15-19-13-8-6-9-14-19/h5-6,8-9,13-14,20H,1,7,10-12,15-18H2,2-4H3/t20-,21+/m1/s1. The molecule has 0 bridgehead atoms. The first-order valence-electron chi connectivity index (χ1n) is 9.33. The zero-order valence-corrected chi connectivity index (χ0v) is 16.3. The van der Waals surface area contributed by atoms with Gasteiger partial charge in [0.25, 0.3) is 0 Å². The highest BCUT2D eigenvalue weighted by Gasteiger charge is 2.40. The Labute approximate surface area is 144 Å². The third-order valence-corrected chi connectivity index (χ3v) is 6.01. The van der Waals surface area contributed by atoms with E-state index in [0.717, 1.165) is 6.42 Å². The highest BCUT2D eigenvalue weighted by atomic mass is 28.4. The van der Waals surface area contributed by atoms with Crippen molar-refractivity contribution in [3.63, 3.8) is 0 Å². The first kappa shape index (κ1) is 18.5. The van der Waals surface area contributed by atoms with Crippen LogP contribution in [-0.4, -0.2) is 13.9 Å². The van der Waals surface area contributed by atoms with Gasteiger partial charge in [0.1, 0.15) is 0 Å². The van der Waals surface area contributed by atoms with E-state index in [1.807, 2.05) is 0 Å². The van der Waals surface area contributed by atoms with Crippen molar-refractivity contribution in [1.29, 1.82) is 0 Å². The Bertz CT molecular complexity index is 476. The molecule has 1 aliphatic rings. The van der Waals surface area contributed by atoms with Crippen molar-refractivity contribution in [2.75, 3.05) is 0 Å². The fraction of sp³-hybridized carbons (Fsp3) is 0.619. The molecule has 1 aromatic carbocycles. The molecule has 128 valence electrons. The van der Waals surface area contributed by atoms with Gasteiger partial charge in [-0.1, -0.05) is 55.7 Å². The molecule has 0 aromatic heterocycles. The van der Waals surface area contributed by atoms with Crippen LogP contribution in [-0.2, 0) is 10.8 Å². The highest BCUT2D eigenvalue weighted by Crippen LogP contribution is 2.41. The average Bonchev–Trinajstić information content (AvgIpc) is 2.70. The van der Waals surface area contributed by atoms with Crippen molar-refractivity contribution in [3.05, 3.63) is 48.6 Å². The van der Waals surface area contributed by atoms with Crippen molar-refractivity contribution < 1.29 is 4.43 Å². The van der Waals surface area contributed by atoms with E-state index in [9.17, 15) is 0 Å². The first-order valence-corrected chi connectivity index (χ1v) is 12.7. The molecule has 1 aromatic rings. The Hall–Kier alpha value is -0.863. The van der Waals surface area contributed by atoms with Crippen LogP contribution < -0.4 is 0 Å². The molecule has 2 rings (SSSR count). The predicted molar refractivity (Wildman–Crippen MR) is 103 cm³/mol. The summed E-state index contributed by atoms with van der Waals surface area (Å²) in [6, 6.07) is 10.9. The molecule has 1 aliphatic carbocycles. The SMILES string of the molecule is C=C[C@]1(O[Si](C)(C)C)CCCCC[C@@H]1CCCc1ccccc1. The number of hydrogen-bond donors (Lipinski definition) is 0. The molecule has 0 unspecified atom stereocenters. The second-order valence-corrected chi connectivity index (χ2v) is 12.5. The van der Waals surface area contributed by atoms with E-state index in [1.165, 1.54) is 50.5 Å². The summed E-state index contributed by atoms with van der Waals surface area (Å²) < 4.78 is 6.73. The van der Waals surface area contributed by atoms with Crippen LogP contribution in [0, 0.1) is 5.92 Å². The minimum absolute atomic E-state index is 0.0718. The van der Waals surface area contributed by atoms with E-state index >= 15 is 0 Å². The van der Waals surface area contributed by atoms with Gasteiger partial charge in [-0.2, -0.15) is 0 Å². The molecule has 0 spiro atoms. The fourth-order valence-corrected chi connectivity index (χ4v) is 5.51. The maximum Gasteiger partial charge on any atom is 0.184 e. The normalized spacial score (nSPS) is 25.8. The zero-order valence-electron chi connectivity index (χ0n) is 15.3. The predicted octanol–water partition coefficient (Wildman–Crippen LogP) is 6.37. The van der Waals surface area contributed by atoms with E-state index in [2.05, 4.69) is 62.6 Å². The molecule has 0 radical (unpaired) electrons. The van der Waals surface area contributed by atoms with Crippen LogP contribution in [0.15, 0.2) is 43.0 Å². The monoisotopic (exact) mass is 330 g/mol. The van der Waals surface area contributed by atoms with E-state index in [1.54, 1.807) is 0 Å². The summed E-state index contributed by atoms with van der Waals surface area (Å²) in [5.41, 5.74) is 1.38. The quantitative estimate of drug-likeness (QED) is 0.321. The van der Waals surface area contributed by atoms with Gasteiger partial charge in [-0.15, -0.1) is 6.58 Å². The van der Waals surface area contributed by atoms with Gasteiger partial charge in [-0.3, -0.25) is 0 Å². The Balaban J connectivity index is 2.03. The lowest BCUT2D eigenvalue weighted by atomic mass is 9.80. The van der Waals surface area contributed by atoms with Crippen LogP contribution in [0.25, 0.3) is 0 Å². The largest absolute Gasteiger partial charge is 0.408 e. The molecule has 1 saturated carbocycles. The molecule has 2 atom stereocenters. The third kappa shape index (κ3) is 5.61. The molecule has 0 N–H and O–H groups in total. The summed E-state index contributed by atoms with van der Waals surface area (Å²) in [7, 11) is -1.58. The summed E-state index contributed by atoms with van der Waals surface area (Å²) >= 11 is 0. The molecule has 0 heterocycles. The van der Waals surface area contributed by atoms with Crippen molar-refractivity contribution in [1.82, 2.24) is 0 Å². The van der Waals surface area contributed by atoms with E-state index < -0.39 is 8.32 Å². The van der Waals surface area contributed by atoms with Gasteiger partial charge in [0, 0.05) is 0 Å². The summed E-state index contributed by atoms with van der Waals surface area (Å²) in [6.07, 6.45) is 12.3. The number of hydrogen-bond acceptors (Lipinski definition) is 1. The number of aryl methyl sites for hydroxylation is 1. The maximum absolute atomic E-state index is 6.73. The number of benzene rings is 1. The lowest BCUT2D eigenvalue weighted by Crippen LogP contribution is -2.46. The minimum atomic E-state index is -1.58. The molecule has 1 fully saturated rings. The fourth-order valence-electron chi connectivity index (χ4n) is 4.02. The van der Waals surface area contributed by atoms with E-state index in [0.29, 0.717) is 5.92 Å². The molecule has 2 heteroatoms. The molecule has 23 heavy (non-hydrogen) atoms. The van der Waals surface area contributed by atoms with Crippen LogP contribution in [0.2, 0.25) is 19.6 Å². The van der Waals surface area contributed by atoms with Crippen molar-refractivity contribution in [2.24, 2.45) is 5.92 Å². The van der Waals surface area contributed by atoms with Crippen LogP contribution in [0.4, 0.5) is 0 Å². The molecular formula is C21H34OSi. The van der Waals surface area contributed by atoms with Crippen LogP contribution in [0.3, 0.4) is 0 Å². The highest BCUT2D eigenvalue weighted by molar-refractivity contribution is 6.69. The lowest BCUT2D eigenvalue weighted by Gasteiger charge is -2.42. The van der Waals surface area contributed by atoms with Gasteiger partial charge in [-0.25, -0.2) is 0 Å². The lowest BCUT2D eigenvalue weighted by molar-refractivity contribution is 0.0352. The Morgan fingerprint density at radius 3 is 2.57 bits per heavy atom. The molecule has 0 saturated heterocycles. The van der Waals surface area contributed by atoms with Crippen molar-refractivity contribution in [3.8, 4) is 0 Å². The van der Waals surface area contributed by atoms with E-state index in [4.69, 9.17) is 4.43 Å². The molecule has 1 nitrogen and oxygen atoms in total. The summed E-state index contributed by atoms with van der Waals surface area (Å²) in [5.74, 6) is 0.637. The van der Waals surface area contributed by atoms with Gasteiger partial charge in [0.2, 0.25) is 0 Å². The zero-order chi connectivity index (χ0) is 16.8. The third-order valence-electron chi connectivity index (χ3n) is 5.01. The van der Waals surface area contributed by atoms with Gasteiger partial charge in [-0.05, 0) is 63.2 Å². The van der Waals surface area contributed by atoms with Crippen LogP contribution in [0.5, 0.6) is 0 Å². The van der Waals surface area contributed by atoms with Crippen molar-refractivity contribution in [2.45, 2.75) is 76.6 Å². The Morgan fingerprint density at radius 1 is 1.17 bits per heavy atom. The van der Waals surface area contributed by atoms with Crippen LogP contribution >= 0.6 is 0 Å². The van der Waals surface area contributed by atoms with Gasteiger partial charge in [0.15, 0.2) is 8.32 Å². The second-order valence-electron chi connectivity index (χ2n) is 8.05. The van der Waals surface area contributed by atoms with Gasteiger partial charge in [0.05, 0.1) is 5.60 Å². The summed E-state index contributed by atoms with van der Waals surface area (Å²) in [4.78, 5) is 0. The van der Waals surface area contributed by atoms with E-state index in [-0.39, 0.29) is 5.60 Å². The molecule has 0 amide bonds. The van der Waals surface area contributed by atoms with Gasteiger partial charge < -0.3 is 4.43 Å². The Morgan fingerprint density at radius 2 is 1.91 bits per heavy atom. The summed E-state index contributed by atoms with van der Waals surface area (Å²) in [5, 5.41) is 0. The molecule has 0 aliphatic heterocycles. The van der Waals surface area contributed by atoms with Gasteiger partial charge >= 0.3 is 0 Å². The second kappa shape index (κ2) is 8.30.